The number of halogens is 4. The lowest BCUT2D eigenvalue weighted by Gasteiger charge is -2.11. The van der Waals surface area contributed by atoms with Gasteiger partial charge in [0.1, 0.15) is 11.3 Å². The first-order valence-electron chi connectivity index (χ1n) is 9.27. The zero-order valence-electron chi connectivity index (χ0n) is 16.8. The monoisotopic (exact) mass is 497 g/mol. The maximum absolute atomic E-state index is 13.1. The van der Waals surface area contributed by atoms with Gasteiger partial charge in [0.15, 0.2) is 5.58 Å². The summed E-state index contributed by atoms with van der Waals surface area (Å²) < 4.78 is 77.9. The molecule has 172 valence electrons. The molecule has 12 heteroatoms. The van der Waals surface area contributed by atoms with Gasteiger partial charge in [-0.25, -0.2) is 8.42 Å². The summed E-state index contributed by atoms with van der Waals surface area (Å²) in [7, 11) is -2.57. The summed E-state index contributed by atoms with van der Waals surface area (Å²) in [5.74, 6) is 0.344. The van der Waals surface area contributed by atoms with E-state index in [-0.39, 0.29) is 33.4 Å². The number of hydrogen-bond acceptors (Lipinski definition) is 6. The fourth-order valence-electron chi connectivity index (χ4n) is 3.00. The molecule has 0 fully saturated rings. The van der Waals surface area contributed by atoms with Crippen LogP contribution in [0, 0.1) is 0 Å². The van der Waals surface area contributed by atoms with Crippen molar-refractivity contribution in [3.8, 4) is 5.75 Å². The Morgan fingerprint density at radius 2 is 1.82 bits per heavy atom. The highest BCUT2D eigenvalue weighted by Crippen LogP contribution is 2.37. The summed E-state index contributed by atoms with van der Waals surface area (Å²) in [4.78, 5) is 4.04. The normalized spacial score (nSPS) is 12.0. The molecule has 1 aromatic heterocycles. The molecule has 0 aliphatic rings. The molecule has 0 aliphatic heterocycles. The van der Waals surface area contributed by atoms with Gasteiger partial charge >= 0.3 is 6.18 Å². The minimum atomic E-state index is -4.63. The number of aromatic nitrogens is 1. The van der Waals surface area contributed by atoms with Gasteiger partial charge in [0, 0.05) is 5.69 Å². The number of fused-ring (bicyclic) bond motifs is 1. The molecule has 0 unspecified atom stereocenters. The topological polar surface area (TPSA) is 93.5 Å². The molecule has 0 spiro atoms. The quantitative estimate of drug-likeness (QED) is 0.336. The zero-order chi connectivity index (χ0) is 23.8. The number of oxazole rings is 1. The fourth-order valence-corrected chi connectivity index (χ4v) is 4.32. The highest BCUT2D eigenvalue weighted by Gasteiger charge is 2.33. The Labute approximate surface area is 191 Å². The van der Waals surface area contributed by atoms with Crippen molar-refractivity contribution in [3.63, 3.8) is 0 Å². The molecule has 0 amide bonds. The maximum Gasteiger partial charge on any atom is 0.417 e. The molecule has 4 rings (SSSR count). The predicted molar refractivity (Wildman–Crippen MR) is 118 cm³/mol. The third kappa shape index (κ3) is 4.83. The van der Waals surface area contributed by atoms with Crippen molar-refractivity contribution >= 4 is 50.1 Å². The third-order valence-corrected chi connectivity index (χ3v) is 6.24. The van der Waals surface area contributed by atoms with E-state index in [2.05, 4.69) is 15.0 Å². The summed E-state index contributed by atoms with van der Waals surface area (Å²) in [6.45, 7) is 0. The smallest absolute Gasteiger partial charge is 0.417 e. The Hall–Kier alpha value is -3.44. The van der Waals surface area contributed by atoms with Crippen molar-refractivity contribution in [1.82, 2.24) is 4.98 Å². The number of nitrogens with zero attached hydrogens (tertiary/aromatic N) is 1. The van der Waals surface area contributed by atoms with Crippen molar-refractivity contribution in [2.45, 2.75) is 11.1 Å². The molecular weight excluding hydrogens is 483 g/mol. The second-order valence-corrected chi connectivity index (χ2v) is 8.86. The number of para-hydroxylation sites is 2. The van der Waals surface area contributed by atoms with E-state index in [0.717, 1.165) is 12.1 Å². The van der Waals surface area contributed by atoms with E-state index in [4.69, 9.17) is 20.8 Å². The van der Waals surface area contributed by atoms with Crippen LogP contribution in [-0.4, -0.2) is 20.5 Å². The summed E-state index contributed by atoms with van der Waals surface area (Å²) in [5, 5.41) is 2.19. The van der Waals surface area contributed by atoms with Crippen molar-refractivity contribution in [1.29, 1.82) is 0 Å². The molecule has 0 saturated carbocycles. The largest absolute Gasteiger partial charge is 0.495 e. The van der Waals surface area contributed by atoms with Crippen LogP contribution in [0.5, 0.6) is 5.75 Å². The van der Waals surface area contributed by atoms with Crippen LogP contribution in [0.25, 0.3) is 11.1 Å². The van der Waals surface area contributed by atoms with Crippen LogP contribution in [0.4, 0.5) is 30.6 Å². The lowest BCUT2D eigenvalue weighted by atomic mass is 10.2. The minimum Gasteiger partial charge on any atom is -0.495 e. The molecule has 33 heavy (non-hydrogen) atoms. The average Bonchev–Trinajstić information content (AvgIpc) is 3.16. The van der Waals surface area contributed by atoms with E-state index in [0.29, 0.717) is 5.75 Å². The molecule has 7 nitrogen and oxygen atoms in total. The maximum atomic E-state index is 13.1. The van der Waals surface area contributed by atoms with Crippen LogP contribution in [0.15, 0.2) is 70.0 Å². The first-order chi connectivity index (χ1) is 15.6. The highest BCUT2D eigenvalue weighted by atomic mass is 35.5. The second-order valence-electron chi connectivity index (χ2n) is 6.77. The van der Waals surface area contributed by atoms with Gasteiger partial charge in [-0.2, -0.15) is 18.2 Å². The Balaban J connectivity index is 1.62. The molecule has 4 aromatic rings. The second kappa shape index (κ2) is 8.49. The van der Waals surface area contributed by atoms with E-state index in [1.54, 1.807) is 24.3 Å². The summed E-state index contributed by atoms with van der Waals surface area (Å²) in [5.41, 5.74) is -0.292. The Bertz CT molecular complexity index is 1440. The van der Waals surface area contributed by atoms with Crippen molar-refractivity contribution in [2.24, 2.45) is 0 Å². The first kappa shape index (κ1) is 22.7. The minimum absolute atomic E-state index is 0.0453. The van der Waals surface area contributed by atoms with Gasteiger partial charge in [0.2, 0.25) is 0 Å². The van der Waals surface area contributed by atoms with Gasteiger partial charge in [-0.1, -0.05) is 23.7 Å². The van der Waals surface area contributed by atoms with E-state index in [9.17, 15) is 21.6 Å². The lowest BCUT2D eigenvalue weighted by Crippen LogP contribution is -2.13. The Morgan fingerprint density at radius 1 is 1.06 bits per heavy atom. The van der Waals surface area contributed by atoms with Gasteiger partial charge in [-0.3, -0.25) is 4.72 Å². The molecule has 0 aliphatic carbocycles. The molecule has 2 N–H and O–H groups in total. The summed E-state index contributed by atoms with van der Waals surface area (Å²) in [6, 6.07) is 13.6. The number of nitrogens with one attached hydrogen (secondary N) is 2. The van der Waals surface area contributed by atoms with E-state index < -0.39 is 26.8 Å². The van der Waals surface area contributed by atoms with Crippen LogP contribution < -0.4 is 14.8 Å². The van der Waals surface area contributed by atoms with E-state index >= 15 is 0 Å². The van der Waals surface area contributed by atoms with E-state index in [1.165, 1.54) is 31.4 Å². The number of anilines is 3. The predicted octanol–water partition coefficient (Wildman–Crippen LogP) is 6.05. The first-order valence-corrected chi connectivity index (χ1v) is 11.1. The Kier molecular flexibility index (Phi) is 5.85. The fraction of sp³-hybridized carbons (Fsp3) is 0.0952. The van der Waals surface area contributed by atoms with Crippen LogP contribution in [0.2, 0.25) is 5.02 Å². The SMILES string of the molecule is COc1ccccc1NS(=O)(=O)c1ccc2oc(Nc3ccc(Cl)c(C(F)(F)F)c3)nc2c1. The van der Waals surface area contributed by atoms with Gasteiger partial charge in [0.05, 0.1) is 28.3 Å². The number of methoxy groups -OCH3 is 1. The van der Waals surface area contributed by atoms with Crippen LogP contribution in [0.1, 0.15) is 5.56 Å². The lowest BCUT2D eigenvalue weighted by molar-refractivity contribution is -0.137. The van der Waals surface area contributed by atoms with Crippen molar-refractivity contribution < 1.29 is 30.7 Å². The van der Waals surface area contributed by atoms with E-state index in [1.807, 2.05) is 0 Å². The highest BCUT2D eigenvalue weighted by molar-refractivity contribution is 7.92. The van der Waals surface area contributed by atoms with Crippen LogP contribution >= 0.6 is 11.6 Å². The molecule has 0 radical (unpaired) electrons. The number of hydrogen-bond donors (Lipinski definition) is 2. The number of rotatable bonds is 6. The van der Waals surface area contributed by atoms with Gasteiger partial charge in [-0.05, 0) is 48.5 Å². The zero-order valence-corrected chi connectivity index (χ0v) is 18.3. The van der Waals surface area contributed by atoms with Crippen molar-refractivity contribution in [2.75, 3.05) is 17.1 Å². The van der Waals surface area contributed by atoms with Gasteiger partial charge < -0.3 is 14.5 Å². The summed E-state index contributed by atoms with van der Waals surface area (Å²) >= 11 is 5.63. The molecule has 1 heterocycles. The number of sulfonamides is 1. The van der Waals surface area contributed by atoms with Crippen LogP contribution in [-0.2, 0) is 16.2 Å². The summed E-state index contributed by atoms with van der Waals surface area (Å²) in [6.07, 6.45) is -4.63. The molecule has 3 aromatic carbocycles. The number of benzene rings is 3. The van der Waals surface area contributed by atoms with Gasteiger partial charge in [0.25, 0.3) is 16.0 Å². The van der Waals surface area contributed by atoms with Gasteiger partial charge in [-0.15, -0.1) is 0 Å². The Morgan fingerprint density at radius 3 is 2.55 bits per heavy atom. The average molecular weight is 498 g/mol. The molecular formula is C21H15ClF3N3O4S. The number of alkyl halides is 3. The van der Waals surface area contributed by atoms with Crippen LogP contribution in [0.3, 0.4) is 0 Å². The molecule has 0 saturated heterocycles. The van der Waals surface area contributed by atoms with Crippen molar-refractivity contribution in [3.05, 3.63) is 71.2 Å². The standard InChI is InChI=1S/C21H15ClF3N3O4S/c1-31-18-5-3-2-4-16(18)28-33(29,30)13-7-9-19-17(11-13)27-20(32-19)26-12-6-8-15(22)14(10-12)21(23,24)25/h2-11,28H,1H3,(H,26,27). The molecule has 0 bridgehead atoms. The third-order valence-electron chi connectivity index (χ3n) is 4.54. The molecule has 0 atom stereocenters. The number of ether oxygens (including phenoxy) is 1.